The van der Waals surface area contributed by atoms with Gasteiger partial charge in [-0.15, -0.1) is 0 Å². The molecule has 1 aliphatic rings. The number of hydrogen-bond donors (Lipinski definition) is 1. The Labute approximate surface area is 127 Å². The first kappa shape index (κ1) is 16.3. The second-order valence-electron chi connectivity index (χ2n) is 5.96. The van der Waals surface area contributed by atoms with Gasteiger partial charge in [-0.25, -0.2) is 8.42 Å². The van der Waals surface area contributed by atoms with Crippen LogP contribution in [-0.4, -0.2) is 51.2 Å². The lowest BCUT2D eigenvalue weighted by Crippen LogP contribution is -2.48. The van der Waals surface area contributed by atoms with E-state index in [0.29, 0.717) is 13.1 Å². The van der Waals surface area contributed by atoms with Crippen molar-refractivity contribution < 1.29 is 8.42 Å². The SMILES string of the molecule is Cc1ccc(N2CCN(S(C)(=O)=O)CC2)c(CC(C)N)c1. The molecule has 1 aromatic carbocycles. The van der Waals surface area contributed by atoms with E-state index in [-0.39, 0.29) is 6.04 Å². The fraction of sp³-hybridized carbons (Fsp3) is 0.600. The molecule has 0 aromatic heterocycles. The second-order valence-corrected chi connectivity index (χ2v) is 7.95. The summed E-state index contributed by atoms with van der Waals surface area (Å²) in [6.07, 6.45) is 2.11. The monoisotopic (exact) mass is 311 g/mol. The fourth-order valence-electron chi connectivity index (χ4n) is 2.79. The quantitative estimate of drug-likeness (QED) is 0.899. The summed E-state index contributed by atoms with van der Waals surface area (Å²) < 4.78 is 24.7. The summed E-state index contributed by atoms with van der Waals surface area (Å²) in [5.41, 5.74) is 9.61. The third-order valence-electron chi connectivity index (χ3n) is 3.83. The Morgan fingerprint density at radius 1 is 1.24 bits per heavy atom. The predicted octanol–water partition coefficient (Wildman–Crippen LogP) is 0.966. The van der Waals surface area contributed by atoms with Crippen LogP contribution in [0.5, 0.6) is 0 Å². The molecule has 0 bridgehead atoms. The Balaban J connectivity index is 2.16. The van der Waals surface area contributed by atoms with E-state index in [2.05, 4.69) is 30.0 Å². The Kier molecular flexibility index (Phi) is 4.91. The Morgan fingerprint density at radius 2 is 1.86 bits per heavy atom. The van der Waals surface area contributed by atoms with Crippen LogP contribution in [0.3, 0.4) is 0 Å². The molecule has 1 atom stereocenters. The molecule has 0 saturated carbocycles. The van der Waals surface area contributed by atoms with Gasteiger partial charge in [-0.2, -0.15) is 4.31 Å². The number of rotatable bonds is 4. The lowest BCUT2D eigenvalue weighted by Gasteiger charge is -2.36. The minimum absolute atomic E-state index is 0.114. The maximum absolute atomic E-state index is 11.6. The van der Waals surface area contributed by atoms with Crippen molar-refractivity contribution in [3.8, 4) is 0 Å². The number of nitrogens with two attached hydrogens (primary N) is 1. The zero-order valence-electron chi connectivity index (χ0n) is 13.0. The van der Waals surface area contributed by atoms with Crippen LogP contribution >= 0.6 is 0 Å². The van der Waals surface area contributed by atoms with Crippen molar-refractivity contribution >= 4 is 15.7 Å². The maximum atomic E-state index is 11.6. The van der Waals surface area contributed by atoms with E-state index >= 15 is 0 Å². The van der Waals surface area contributed by atoms with Gasteiger partial charge >= 0.3 is 0 Å². The standard InChI is InChI=1S/C15H25N3O2S/c1-12-4-5-15(14(10-12)11-13(2)16)17-6-8-18(9-7-17)21(3,19)20/h4-5,10,13H,6-9,11,16H2,1-3H3. The van der Waals surface area contributed by atoms with Gasteiger partial charge in [0.15, 0.2) is 0 Å². The Morgan fingerprint density at radius 3 is 2.38 bits per heavy atom. The van der Waals surface area contributed by atoms with Crippen molar-refractivity contribution in [3.63, 3.8) is 0 Å². The number of anilines is 1. The molecular formula is C15H25N3O2S. The van der Waals surface area contributed by atoms with Crippen LogP contribution in [0.4, 0.5) is 5.69 Å². The van der Waals surface area contributed by atoms with Crippen molar-refractivity contribution in [1.82, 2.24) is 4.31 Å². The second kappa shape index (κ2) is 6.34. The van der Waals surface area contributed by atoms with Crippen molar-refractivity contribution in [2.45, 2.75) is 26.3 Å². The zero-order chi connectivity index (χ0) is 15.6. The zero-order valence-corrected chi connectivity index (χ0v) is 13.9. The molecule has 118 valence electrons. The Bertz CT molecular complexity index is 591. The highest BCUT2D eigenvalue weighted by atomic mass is 32.2. The average molecular weight is 311 g/mol. The predicted molar refractivity (Wildman–Crippen MR) is 87.2 cm³/mol. The van der Waals surface area contributed by atoms with E-state index in [4.69, 9.17) is 5.73 Å². The van der Waals surface area contributed by atoms with Crippen molar-refractivity contribution in [3.05, 3.63) is 29.3 Å². The summed E-state index contributed by atoms with van der Waals surface area (Å²) in [6, 6.07) is 6.52. The van der Waals surface area contributed by atoms with E-state index in [1.165, 1.54) is 23.1 Å². The molecule has 1 saturated heterocycles. The summed E-state index contributed by atoms with van der Waals surface area (Å²) >= 11 is 0. The van der Waals surface area contributed by atoms with Crippen LogP contribution in [0, 0.1) is 6.92 Å². The van der Waals surface area contributed by atoms with Gasteiger partial charge in [0.1, 0.15) is 0 Å². The molecule has 0 aliphatic carbocycles. The van der Waals surface area contributed by atoms with E-state index < -0.39 is 10.0 Å². The highest BCUT2D eigenvalue weighted by Crippen LogP contribution is 2.25. The maximum Gasteiger partial charge on any atom is 0.211 e. The number of nitrogens with zero attached hydrogens (tertiary/aromatic N) is 2. The third-order valence-corrected chi connectivity index (χ3v) is 5.13. The first-order chi connectivity index (χ1) is 9.77. The molecule has 0 amide bonds. The van der Waals surface area contributed by atoms with E-state index in [1.807, 2.05) is 6.92 Å². The van der Waals surface area contributed by atoms with Crippen LogP contribution in [0.15, 0.2) is 18.2 Å². The minimum Gasteiger partial charge on any atom is -0.369 e. The number of benzene rings is 1. The largest absolute Gasteiger partial charge is 0.369 e. The van der Waals surface area contributed by atoms with Gasteiger partial charge in [-0.05, 0) is 31.9 Å². The van der Waals surface area contributed by atoms with Gasteiger partial charge in [0.25, 0.3) is 0 Å². The summed E-state index contributed by atoms with van der Waals surface area (Å²) in [5, 5.41) is 0. The van der Waals surface area contributed by atoms with Crippen LogP contribution in [0.1, 0.15) is 18.1 Å². The van der Waals surface area contributed by atoms with Gasteiger partial charge in [-0.3, -0.25) is 0 Å². The highest BCUT2D eigenvalue weighted by molar-refractivity contribution is 7.88. The number of aryl methyl sites for hydroxylation is 1. The lowest BCUT2D eigenvalue weighted by atomic mass is 10.0. The first-order valence-corrected chi connectivity index (χ1v) is 9.17. The third kappa shape index (κ3) is 4.18. The molecule has 0 radical (unpaired) electrons. The van der Waals surface area contributed by atoms with E-state index in [0.717, 1.165) is 19.5 Å². The van der Waals surface area contributed by atoms with Crippen molar-refractivity contribution in [2.75, 3.05) is 37.3 Å². The first-order valence-electron chi connectivity index (χ1n) is 7.32. The normalized spacial score (nSPS) is 18.8. The summed E-state index contributed by atoms with van der Waals surface area (Å²) in [6.45, 7) is 6.63. The van der Waals surface area contributed by atoms with Gasteiger partial charge in [-0.1, -0.05) is 17.7 Å². The average Bonchev–Trinajstić information content (AvgIpc) is 2.37. The molecule has 2 N–H and O–H groups in total. The van der Waals surface area contributed by atoms with Crippen LogP contribution < -0.4 is 10.6 Å². The van der Waals surface area contributed by atoms with Crippen LogP contribution in [-0.2, 0) is 16.4 Å². The summed E-state index contributed by atoms with van der Waals surface area (Å²) in [4.78, 5) is 2.26. The van der Waals surface area contributed by atoms with Crippen LogP contribution in [0.2, 0.25) is 0 Å². The number of hydrogen-bond acceptors (Lipinski definition) is 4. The molecule has 21 heavy (non-hydrogen) atoms. The Hall–Kier alpha value is -1.11. The molecule has 5 nitrogen and oxygen atoms in total. The van der Waals surface area contributed by atoms with Gasteiger partial charge in [0.05, 0.1) is 6.26 Å². The van der Waals surface area contributed by atoms with Gasteiger partial charge in [0.2, 0.25) is 10.0 Å². The van der Waals surface area contributed by atoms with Crippen LogP contribution in [0.25, 0.3) is 0 Å². The van der Waals surface area contributed by atoms with Crippen molar-refractivity contribution in [1.29, 1.82) is 0 Å². The van der Waals surface area contributed by atoms with E-state index in [1.54, 1.807) is 4.31 Å². The molecule has 1 unspecified atom stereocenters. The molecule has 1 fully saturated rings. The summed E-state index contributed by atoms with van der Waals surface area (Å²) in [7, 11) is -3.08. The summed E-state index contributed by atoms with van der Waals surface area (Å²) in [5.74, 6) is 0. The molecule has 1 heterocycles. The molecule has 1 aliphatic heterocycles. The molecule has 2 rings (SSSR count). The molecule has 6 heteroatoms. The topological polar surface area (TPSA) is 66.6 Å². The fourth-order valence-corrected chi connectivity index (χ4v) is 3.62. The highest BCUT2D eigenvalue weighted by Gasteiger charge is 2.24. The minimum atomic E-state index is -3.08. The molecular weight excluding hydrogens is 286 g/mol. The smallest absolute Gasteiger partial charge is 0.211 e. The molecule has 1 aromatic rings. The van der Waals surface area contributed by atoms with Gasteiger partial charge < -0.3 is 10.6 Å². The number of piperazine rings is 1. The van der Waals surface area contributed by atoms with Crippen molar-refractivity contribution in [2.24, 2.45) is 5.73 Å². The molecule has 0 spiro atoms. The van der Waals surface area contributed by atoms with Gasteiger partial charge in [0, 0.05) is 37.9 Å². The van der Waals surface area contributed by atoms with E-state index in [9.17, 15) is 8.42 Å². The number of sulfonamides is 1. The lowest BCUT2D eigenvalue weighted by molar-refractivity contribution is 0.387.